The largest absolute Gasteiger partial charge is 0.313 e. The van der Waals surface area contributed by atoms with Crippen LogP contribution in [-0.2, 0) is 0 Å². The third kappa shape index (κ3) is 4.06. The fourth-order valence-corrected chi connectivity index (χ4v) is 3.89. The lowest BCUT2D eigenvalue weighted by atomic mass is 9.98. The molecule has 1 N–H and O–H groups in total. The van der Waals surface area contributed by atoms with E-state index >= 15 is 0 Å². The summed E-state index contributed by atoms with van der Waals surface area (Å²) >= 11 is 3.68. The molecule has 1 saturated heterocycles. The van der Waals surface area contributed by atoms with Crippen molar-refractivity contribution in [2.75, 3.05) is 20.1 Å². The van der Waals surface area contributed by atoms with Gasteiger partial charge in [-0.15, -0.1) is 0 Å². The van der Waals surface area contributed by atoms with Gasteiger partial charge in [-0.25, -0.2) is 0 Å². The molecule has 0 bridgehead atoms. The van der Waals surface area contributed by atoms with Gasteiger partial charge in [0.2, 0.25) is 0 Å². The summed E-state index contributed by atoms with van der Waals surface area (Å²) in [6.45, 7) is 4.81. The molecule has 1 aromatic carbocycles. The Morgan fingerprint density at radius 3 is 2.85 bits per heavy atom. The Labute approximate surface area is 132 Å². The highest BCUT2D eigenvalue weighted by molar-refractivity contribution is 9.10. The number of nitrogens with zero attached hydrogens (tertiary/aromatic N) is 1. The van der Waals surface area contributed by atoms with Crippen LogP contribution in [0.5, 0.6) is 0 Å². The van der Waals surface area contributed by atoms with Crippen LogP contribution >= 0.6 is 15.9 Å². The standard InChI is InChI=1S/C17H27BrN2/c1-3-14-8-6-7-12-20(14)13-11-17(19-2)15-9-4-5-10-16(15)18/h4-5,9-10,14,17,19H,3,6-8,11-13H2,1-2H3. The fraction of sp³-hybridized carbons (Fsp3) is 0.647. The van der Waals surface area contributed by atoms with Gasteiger partial charge in [0.1, 0.15) is 0 Å². The summed E-state index contributed by atoms with van der Waals surface area (Å²) in [5.74, 6) is 0. The molecule has 0 amide bonds. The van der Waals surface area contributed by atoms with Crippen LogP contribution < -0.4 is 5.32 Å². The SMILES string of the molecule is CCC1CCCCN1CCC(NC)c1ccccc1Br. The highest BCUT2D eigenvalue weighted by Crippen LogP contribution is 2.27. The monoisotopic (exact) mass is 338 g/mol. The number of rotatable bonds is 6. The molecule has 0 radical (unpaired) electrons. The van der Waals surface area contributed by atoms with Crippen molar-refractivity contribution < 1.29 is 0 Å². The first-order valence-electron chi connectivity index (χ1n) is 7.92. The van der Waals surface area contributed by atoms with Crippen molar-refractivity contribution in [3.8, 4) is 0 Å². The van der Waals surface area contributed by atoms with Crippen LogP contribution in [0.3, 0.4) is 0 Å². The summed E-state index contributed by atoms with van der Waals surface area (Å²) in [5.41, 5.74) is 1.38. The molecule has 1 heterocycles. The normalized spacial score (nSPS) is 21.9. The molecule has 112 valence electrons. The Hall–Kier alpha value is -0.380. The Kier molecular flexibility index (Phi) is 6.53. The van der Waals surface area contributed by atoms with Crippen molar-refractivity contribution in [3.63, 3.8) is 0 Å². The van der Waals surface area contributed by atoms with Gasteiger partial charge < -0.3 is 10.2 Å². The number of halogens is 1. The molecule has 1 fully saturated rings. The second-order valence-electron chi connectivity index (χ2n) is 5.75. The summed E-state index contributed by atoms with van der Waals surface area (Å²) in [6.07, 6.45) is 6.63. The summed E-state index contributed by atoms with van der Waals surface area (Å²) in [7, 11) is 2.07. The van der Waals surface area contributed by atoms with E-state index in [1.807, 2.05) is 0 Å². The van der Waals surface area contributed by atoms with Crippen LogP contribution in [0.25, 0.3) is 0 Å². The van der Waals surface area contributed by atoms with Crippen LogP contribution in [0.4, 0.5) is 0 Å². The molecule has 0 aromatic heterocycles. The van der Waals surface area contributed by atoms with Gasteiger partial charge in [-0.05, 0) is 50.9 Å². The molecule has 3 heteroatoms. The van der Waals surface area contributed by atoms with E-state index in [1.165, 1.54) is 55.2 Å². The Morgan fingerprint density at radius 2 is 2.15 bits per heavy atom. The smallest absolute Gasteiger partial charge is 0.0340 e. The molecule has 2 nitrogen and oxygen atoms in total. The molecule has 0 aliphatic carbocycles. The second-order valence-corrected chi connectivity index (χ2v) is 6.60. The van der Waals surface area contributed by atoms with E-state index in [-0.39, 0.29) is 0 Å². The number of piperidine rings is 1. The quantitative estimate of drug-likeness (QED) is 0.828. The molecule has 1 aliphatic heterocycles. The minimum Gasteiger partial charge on any atom is -0.313 e. The third-order valence-corrected chi connectivity index (χ3v) is 5.28. The van der Waals surface area contributed by atoms with Gasteiger partial charge in [-0.2, -0.15) is 0 Å². The average molecular weight is 339 g/mol. The van der Waals surface area contributed by atoms with Crippen molar-refractivity contribution in [1.82, 2.24) is 10.2 Å². The molecular formula is C17H27BrN2. The maximum atomic E-state index is 3.68. The molecule has 0 spiro atoms. The molecule has 2 rings (SSSR count). The minimum absolute atomic E-state index is 0.435. The lowest BCUT2D eigenvalue weighted by Gasteiger charge is -2.36. The van der Waals surface area contributed by atoms with Gasteiger partial charge in [0, 0.05) is 23.1 Å². The summed E-state index contributed by atoms with van der Waals surface area (Å²) in [4.78, 5) is 2.70. The van der Waals surface area contributed by atoms with Gasteiger partial charge in [0.15, 0.2) is 0 Å². The number of likely N-dealkylation sites (tertiary alicyclic amines) is 1. The molecule has 0 saturated carbocycles. The van der Waals surface area contributed by atoms with E-state index in [4.69, 9.17) is 0 Å². The van der Waals surface area contributed by atoms with E-state index in [2.05, 4.69) is 64.4 Å². The van der Waals surface area contributed by atoms with Gasteiger partial charge in [0.25, 0.3) is 0 Å². The van der Waals surface area contributed by atoms with Crippen molar-refractivity contribution in [2.24, 2.45) is 0 Å². The number of hydrogen-bond donors (Lipinski definition) is 1. The van der Waals surface area contributed by atoms with Crippen LogP contribution in [0.15, 0.2) is 28.7 Å². The van der Waals surface area contributed by atoms with Crippen molar-refractivity contribution >= 4 is 15.9 Å². The van der Waals surface area contributed by atoms with Crippen molar-refractivity contribution in [1.29, 1.82) is 0 Å². The Bertz CT molecular complexity index is 408. The van der Waals surface area contributed by atoms with E-state index < -0.39 is 0 Å². The molecule has 1 aliphatic rings. The Morgan fingerprint density at radius 1 is 1.35 bits per heavy atom. The number of benzene rings is 1. The van der Waals surface area contributed by atoms with Gasteiger partial charge >= 0.3 is 0 Å². The van der Waals surface area contributed by atoms with Crippen LogP contribution in [0.1, 0.15) is 50.6 Å². The number of nitrogens with one attached hydrogen (secondary N) is 1. The first-order valence-corrected chi connectivity index (χ1v) is 8.71. The first-order chi connectivity index (χ1) is 9.76. The molecule has 2 unspecified atom stereocenters. The van der Waals surface area contributed by atoms with Crippen molar-refractivity contribution in [3.05, 3.63) is 34.3 Å². The topological polar surface area (TPSA) is 15.3 Å². The summed E-state index contributed by atoms with van der Waals surface area (Å²) in [6, 6.07) is 9.80. The lowest BCUT2D eigenvalue weighted by molar-refractivity contribution is 0.138. The maximum Gasteiger partial charge on any atom is 0.0340 e. The highest BCUT2D eigenvalue weighted by atomic mass is 79.9. The minimum atomic E-state index is 0.435. The summed E-state index contributed by atoms with van der Waals surface area (Å²) in [5, 5.41) is 3.47. The zero-order valence-corrected chi connectivity index (χ0v) is 14.3. The summed E-state index contributed by atoms with van der Waals surface area (Å²) < 4.78 is 1.21. The van der Waals surface area contributed by atoms with E-state index in [0.717, 1.165) is 6.04 Å². The van der Waals surface area contributed by atoms with Gasteiger partial charge in [0.05, 0.1) is 0 Å². The van der Waals surface area contributed by atoms with Gasteiger partial charge in [-0.3, -0.25) is 0 Å². The molecule has 1 aromatic rings. The third-order valence-electron chi connectivity index (χ3n) is 4.55. The van der Waals surface area contributed by atoms with E-state index in [0.29, 0.717) is 6.04 Å². The van der Waals surface area contributed by atoms with Crippen molar-refractivity contribution in [2.45, 2.75) is 51.1 Å². The second kappa shape index (κ2) is 8.16. The highest BCUT2D eigenvalue weighted by Gasteiger charge is 2.22. The van der Waals surface area contributed by atoms with E-state index in [1.54, 1.807) is 0 Å². The predicted octanol–water partition coefficient (Wildman–Crippen LogP) is 4.36. The fourth-order valence-electron chi connectivity index (χ4n) is 3.32. The zero-order valence-electron chi connectivity index (χ0n) is 12.7. The zero-order chi connectivity index (χ0) is 14.4. The molecule has 2 atom stereocenters. The maximum absolute atomic E-state index is 3.68. The molecular weight excluding hydrogens is 312 g/mol. The average Bonchev–Trinajstić information content (AvgIpc) is 2.50. The first kappa shape index (κ1) is 16.0. The lowest BCUT2D eigenvalue weighted by Crippen LogP contribution is -2.40. The van der Waals surface area contributed by atoms with Crippen LogP contribution in [0.2, 0.25) is 0 Å². The Balaban J connectivity index is 1.95. The van der Waals surface area contributed by atoms with Crippen LogP contribution in [0, 0.1) is 0 Å². The number of hydrogen-bond acceptors (Lipinski definition) is 2. The van der Waals surface area contributed by atoms with E-state index in [9.17, 15) is 0 Å². The predicted molar refractivity (Wildman–Crippen MR) is 90.1 cm³/mol. The molecule has 20 heavy (non-hydrogen) atoms. The van der Waals surface area contributed by atoms with Crippen LogP contribution in [-0.4, -0.2) is 31.1 Å². The van der Waals surface area contributed by atoms with Gasteiger partial charge in [-0.1, -0.05) is 47.5 Å².